The number of urea groups is 1. The van der Waals surface area contributed by atoms with E-state index >= 15 is 0 Å². The van der Waals surface area contributed by atoms with Crippen LogP contribution in [0, 0.1) is 0 Å². The van der Waals surface area contributed by atoms with Crippen LogP contribution in [-0.2, 0) is 0 Å². The Morgan fingerprint density at radius 1 is 1.45 bits per heavy atom. The van der Waals surface area contributed by atoms with Crippen LogP contribution >= 0.6 is 0 Å². The van der Waals surface area contributed by atoms with Crippen LogP contribution in [-0.4, -0.2) is 44.7 Å². The summed E-state index contributed by atoms with van der Waals surface area (Å²) >= 11 is 0. The second kappa shape index (κ2) is 5.97. The van der Waals surface area contributed by atoms with Crippen molar-refractivity contribution in [1.29, 1.82) is 0 Å². The van der Waals surface area contributed by atoms with Crippen LogP contribution in [0.3, 0.4) is 0 Å². The maximum absolute atomic E-state index is 11.0. The van der Waals surface area contributed by atoms with Gasteiger partial charge in [-0.1, -0.05) is 0 Å². The molecule has 0 heterocycles. The molecule has 0 rings (SSSR count). The van der Waals surface area contributed by atoms with Crippen LogP contribution in [0.5, 0.6) is 0 Å². The van der Waals surface area contributed by atoms with E-state index in [-0.39, 0.29) is 6.03 Å². The average molecular weight is 159 g/mol. The van der Waals surface area contributed by atoms with Crippen molar-refractivity contribution in [3.8, 4) is 0 Å². The van der Waals surface area contributed by atoms with Crippen molar-refractivity contribution in [2.45, 2.75) is 6.92 Å². The fourth-order valence-electron chi connectivity index (χ4n) is 0.573. The molecule has 11 heavy (non-hydrogen) atoms. The molecule has 66 valence electrons. The normalized spacial score (nSPS) is 9.36. The number of nitrogens with zero attached hydrogens (tertiary/aromatic N) is 1. The Hall–Kier alpha value is -0.770. The van der Waals surface area contributed by atoms with Gasteiger partial charge >= 0.3 is 6.03 Å². The van der Waals surface area contributed by atoms with E-state index in [0.717, 1.165) is 13.1 Å². The van der Waals surface area contributed by atoms with Gasteiger partial charge in [0.15, 0.2) is 0 Å². The molecule has 0 aliphatic heterocycles. The minimum Gasteiger partial charge on any atom is -0.337 e. The third kappa shape index (κ3) is 4.61. The third-order valence-corrected chi connectivity index (χ3v) is 1.47. The molecule has 0 saturated heterocycles. The first-order valence-corrected chi connectivity index (χ1v) is 3.86. The van der Waals surface area contributed by atoms with Crippen molar-refractivity contribution in [3.63, 3.8) is 0 Å². The molecule has 0 radical (unpaired) electrons. The maximum atomic E-state index is 11.0. The standard InChI is InChI=1S/C7H17N3O/c1-4-10(3)7(11)9-6-5-8-2/h8H,4-6H2,1-3H3,(H,9,11). The number of hydrogen-bond donors (Lipinski definition) is 2. The lowest BCUT2D eigenvalue weighted by molar-refractivity contribution is 0.211. The number of nitrogens with one attached hydrogen (secondary N) is 2. The van der Waals surface area contributed by atoms with E-state index in [4.69, 9.17) is 0 Å². The molecule has 0 aliphatic carbocycles. The molecule has 0 fully saturated rings. The molecule has 0 unspecified atom stereocenters. The lowest BCUT2D eigenvalue weighted by atomic mass is 10.6. The molecule has 4 heteroatoms. The van der Waals surface area contributed by atoms with Gasteiger partial charge in [-0.3, -0.25) is 0 Å². The highest BCUT2D eigenvalue weighted by molar-refractivity contribution is 5.73. The van der Waals surface area contributed by atoms with Gasteiger partial charge in [0.2, 0.25) is 0 Å². The van der Waals surface area contributed by atoms with Crippen LogP contribution in [0.15, 0.2) is 0 Å². The first kappa shape index (κ1) is 10.2. The van der Waals surface area contributed by atoms with Gasteiger partial charge in [0, 0.05) is 26.7 Å². The van der Waals surface area contributed by atoms with Crippen LogP contribution in [0.25, 0.3) is 0 Å². The summed E-state index contributed by atoms with van der Waals surface area (Å²) in [4.78, 5) is 12.7. The number of amides is 2. The summed E-state index contributed by atoms with van der Waals surface area (Å²) in [6.07, 6.45) is 0. The van der Waals surface area contributed by atoms with E-state index in [1.54, 1.807) is 11.9 Å². The van der Waals surface area contributed by atoms with Gasteiger partial charge in [0.25, 0.3) is 0 Å². The quantitative estimate of drug-likeness (QED) is 0.561. The van der Waals surface area contributed by atoms with Crippen molar-refractivity contribution in [2.24, 2.45) is 0 Å². The highest BCUT2D eigenvalue weighted by atomic mass is 16.2. The summed E-state index contributed by atoms with van der Waals surface area (Å²) in [5.74, 6) is 0. The van der Waals surface area contributed by atoms with E-state index in [1.807, 2.05) is 14.0 Å². The largest absolute Gasteiger partial charge is 0.337 e. The van der Waals surface area contributed by atoms with Crippen molar-refractivity contribution >= 4 is 6.03 Å². The lowest BCUT2D eigenvalue weighted by Gasteiger charge is -2.14. The minimum absolute atomic E-state index is 0.0113. The summed E-state index contributed by atoms with van der Waals surface area (Å²) in [7, 11) is 3.63. The second-order valence-corrected chi connectivity index (χ2v) is 2.35. The Bertz CT molecular complexity index is 116. The van der Waals surface area contributed by atoms with E-state index in [2.05, 4.69) is 10.6 Å². The van der Waals surface area contributed by atoms with Gasteiger partial charge in [-0.15, -0.1) is 0 Å². The van der Waals surface area contributed by atoms with E-state index in [9.17, 15) is 4.79 Å². The van der Waals surface area contributed by atoms with Crippen molar-refractivity contribution in [2.75, 3.05) is 33.7 Å². The van der Waals surface area contributed by atoms with E-state index in [0.29, 0.717) is 6.54 Å². The van der Waals surface area contributed by atoms with E-state index < -0.39 is 0 Å². The molecule has 0 bridgehead atoms. The summed E-state index contributed by atoms with van der Waals surface area (Å²) in [6.45, 7) is 4.17. The minimum atomic E-state index is -0.0113. The van der Waals surface area contributed by atoms with Crippen LogP contribution < -0.4 is 10.6 Å². The monoisotopic (exact) mass is 159 g/mol. The maximum Gasteiger partial charge on any atom is 0.317 e. The summed E-state index contributed by atoms with van der Waals surface area (Å²) in [5.41, 5.74) is 0. The average Bonchev–Trinajstić information content (AvgIpc) is 2.03. The molecule has 0 spiro atoms. The smallest absolute Gasteiger partial charge is 0.317 e. The van der Waals surface area contributed by atoms with Gasteiger partial charge in [-0.05, 0) is 14.0 Å². The predicted octanol–water partition coefficient (Wildman–Crippen LogP) is -0.133. The number of carbonyl (C=O) groups is 1. The van der Waals surface area contributed by atoms with Gasteiger partial charge < -0.3 is 15.5 Å². The highest BCUT2D eigenvalue weighted by Crippen LogP contribution is 1.80. The number of carbonyl (C=O) groups excluding carboxylic acids is 1. The van der Waals surface area contributed by atoms with Gasteiger partial charge in [0.1, 0.15) is 0 Å². The Morgan fingerprint density at radius 2 is 2.09 bits per heavy atom. The Balaban J connectivity index is 3.36. The first-order valence-electron chi connectivity index (χ1n) is 3.86. The molecule has 2 N–H and O–H groups in total. The highest BCUT2D eigenvalue weighted by Gasteiger charge is 2.02. The summed E-state index contributed by atoms with van der Waals surface area (Å²) in [6, 6.07) is -0.0113. The zero-order valence-electron chi connectivity index (χ0n) is 7.48. The van der Waals surface area contributed by atoms with Crippen LogP contribution in [0.2, 0.25) is 0 Å². The SMILES string of the molecule is CCN(C)C(=O)NCCNC. The molecule has 0 saturated carbocycles. The van der Waals surface area contributed by atoms with Crippen LogP contribution in [0.1, 0.15) is 6.92 Å². The zero-order valence-corrected chi connectivity index (χ0v) is 7.48. The van der Waals surface area contributed by atoms with E-state index in [1.165, 1.54) is 0 Å². The molecule has 0 aromatic rings. The summed E-state index contributed by atoms with van der Waals surface area (Å²) < 4.78 is 0. The van der Waals surface area contributed by atoms with Gasteiger partial charge in [-0.25, -0.2) is 4.79 Å². The van der Waals surface area contributed by atoms with Crippen molar-refractivity contribution < 1.29 is 4.79 Å². The fourth-order valence-corrected chi connectivity index (χ4v) is 0.573. The van der Waals surface area contributed by atoms with Gasteiger partial charge in [-0.2, -0.15) is 0 Å². The summed E-state index contributed by atoms with van der Waals surface area (Å²) in [5, 5.41) is 5.71. The number of rotatable bonds is 4. The van der Waals surface area contributed by atoms with Gasteiger partial charge in [0.05, 0.1) is 0 Å². The molecule has 4 nitrogen and oxygen atoms in total. The molecule has 2 amide bonds. The number of likely N-dealkylation sites (N-methyl/N-ethyl adjacent to an activating group) is 1. The first-order chi connectivity index (χ1) is 5.22. The second-order valence-electron chi connectivity index (χ2n) is 2.35. The number of hydrogen-bond acceptors (Lipinski definition) is 2. The van der Waals surface area contributed by atoms with Crippen LogP contribution in [0.4, 0.5) is 4.79 Å². The predicted molar refractivity (Wildman–Crippen MR) is 45.6 cm³/mol. The Kier molecular flexibility index (Phi) is 5.56. The Morgan fingerprint density at radius 3 is 2.55 bits per heavy atom. The van der Waals surface area contributed by atoms with Crippen molar-refractivity contribution in [3.05, 3.63) is 0 Å². The molecule has 0 aliphatic rings. The van der Waals surface area contributed by atoms with Crippen molar-refractivity contribution in [1.82, 2.24) is 15.5 Å². The Labute approximate surface area is 67.9 Å². The molecule has 0 atom stereocenters. The molecular weight excluding hydrogens is 142 g/mol. The zero-order chi connectivity index (χ0) is 8.69. The molecule has 0 aromatic carbocycles. The third-order valence-electron chi connectivity index (χ3n) is 1.47. The fraction of sp³-hybridized carbons (Fsp3) is 0.857. The topological polar surface area (TPSA) is 44.4 Å². The molecule has 0 aromatic heterocycles. The lowest BCUT2D eigenvalue weighted by Crippen LogP contribution is -2.39. The molecular formula is C7H17N3O.